The van der Waals surface area contributed by atoms with E-state index < -0.39 is 0 Å². The quantitative estimate of drug-likeness (QED) is 0.785. The Hall–Kier alpha value is -1.86. The van der Waals surface area contributed by atoms with Crippen LogP contribution in [0.2, 0.25) is 0 Å². The molecule has 1 aliphatic rings. The third-order valence-electron chi connectivity index (χ3n) is 4.05. The minimum absolute atomic E-state index is 0.0137. The van der Waals surface area contributed by atoms with Crippen LogP contribution in [0.4, 0.5) is 5.69 Å². The van der Waals surface area contributed by atoms with Gasteiger partial charge in [0.25, 0.3) is 0 Å². The van der Waals surface area contributed by atoms with Crippen molar-refractivity contribution in [3.8, 4) is 0 Å². The highest BCUT2D eigenvalue weighted by Crippen LogP contribution is 2.27. The molecular formula is C17H22N4O2S. The first-order chi connectivity index (χ1) is 11.7. The van der Waals surface area contributed by atoms with E-state index in [1.165, 1.54) is 11.8 Å². The van der Waals surface area contributed by atoms with Crippen LogP contribution < -0.4 is 5.32 Å². The summed E-state index contributed by atoms with van der Waals surface area (Å²) in [6.45, 7) is 4.86. The molecule has 2 N–H and O–H groups in total. The Morgan fingerprint density at radius 3 is 3.12 bits per heavy atom. The van der Waals surface area contributed by atoms with E-state index in [2.05, 4.69) is 27.4 Å². The van der Waals surface area contributed by atoms with Gasteiger partial charge in [0.1, 0.15) is 6.10 Å². The largest absolute Gasteiger partial charge is 0.370 e. The number of nitrogens with zero attached hydrogens (tertiary/aromatic N) is 2. The van der Waals surface area contributed by atoms with Crippen molar-refractivity contribution in [2.45, 2.75) is 44.4 Å². The number of anilines is 1. The maximum atomic E-state index is 12.2. The molecule has 1 saturated heterocycles. The van der Waals surface area contributed by atoms with Crippen LogP contribution in [-0.4, -0.2) is 33.4 Å². The van der Waals surface area contributed by atoms with E-state index >= 15 is 0 Å². The van der Waals surface area contributed by atoms with Gasteiger partial charge in [-0.25, -0.2) is 4.98 Å². The summed E-state index contributed by atoms with van der Waals surface area (Å²) >= 11 is 1.33. The van der Waals surface area contributed by atoms with Crippen LogP contribution in [0, 0.1) is 6.92 Å². The van der Waals surface area contributed by atoms with E-state index in [4.69, 9.17) is 4.74 Å². The van der Waals surface area contributed by atoms with Crippen LogP contribution in [0.3, 0.4) is 0 Å². The lowest BCUT2D eigenvalue weighted by Gasteiger charge is -2.12. The zero-order valence-corrected chi connectivity index (χ0v) is 14.8. The van der Waals surface area contributed by atoms with E-state index in [1.54, 1.807) is 0 Å². The molecule has 3 rings (SSSR count). The van der Waals surface area contributed by atoms with Gasteiger partial charge in [0.15, 0.2) is 5.82 Å². The molecule has 6 nitrogen and oxygen atoms in total. The van der Waals surface area contributed by atoms with Gasteiger partial charge >= 0.3 is 0 Å². The van der Waals surface area contributed by atoms with Gasteiger partial charge in [-0.15, -0.1) is 5.10 Å². The van der Waals surface area contributed by atoms with Crippen molar-refractivity contribution in [3.63, 3.8) is 0 Å². The van der Waals surface area contributed by atoms with Crippen molar-refractivity contribution in [1.82, 2.24) is 15.2 Å². The SMILES string of the molecule is CCc1cccc(C)c1NC(=O)CSc1n[nH]c([C@@H]2CCCO2)n1. The minimum atomic E-state index is -0.0486. The predicted octanol–water partition coefficient (Wildman–Crippen LogP) is 3.26. The van der Waals surface area contributed by atoms with Gasteiger partial charge in [-0.3, -0.25) is 9.89 Å². The number of rotatable bonds is 6. The molecule has 1 aromatic heterocycles. The molecule has 1 fully saturated rings. The number of carbonyl (C=O) groups excluding carboxylic acids is 1. The van der Waals surface area contributed by atoms with Gasteiger partial charge in [0.2, 0.25) is 11.1 Å². The molecule has 0 saturated carbocycles. The van der Waals surface area contributed by atoms with E-state index in [0.29, 0.717) is 5.16 Å². The molecule has 2 aromatic rings. The molecule has 7 heteroatoms. The number of benzene rings is 1. The van der Waals surface area contributed by atoms with Crippen molar-refractivity contribution in [1.29, 1.82) is 0 Å². The summed E-state index contributed by atoms with van der Waals surface area (Å²) in [5.74, 6) is 0.982. The third-order valence-corrected chi connectivity index (χ3v) is 4.90. The number of nitrogens with one attached hydrogen (secondary N) is 2. The molecule has 1 aliphatic heterocycles. The summed E-state index contributed by atoms with van der Waals surface area (Å²) in [5.41, 5.74) is 3.14. The van der Waals surface area contributed by atoms with Crippen LogP contribution in [0.5, 0.6) is 0 Å². The maximum absolute atomic E-state index is 12.2. The van der Waals surface area contributed by atoms with Crippen molar-refractivity contribution >= 4 is 23.4 Å². The lowest BCUT2D eigenvalue weighted by Crippen LogP contribution is -2.16. The topological polar surface area (TPSA) is 79.9 Å². The first-order valence-electron chi connectivity index (χ1n) is 8.22. The zero-order chi connectivity index (χ0) is 16.9. The second-order valence-electron chi connectivity index (χ2n) is 5.80. The normalized spacial score (nSPS) is 17.2. The summed E-state index contributed by atoms with van der Waals surface area (Å²) in [4.78, 5) is 16.7. The van der Waals surface area contributed by atoms with E-state index in [1.807, 2.05) is 25.1 Å². The number of aromatic amines is 1. The second kappa shape index (κ2) is 7.81. The Morgan fingerprint density at radius 1 is 1.50 bits per heavy atom. The molecule has 128 valence electrons. The second-order valence-corrected chi connectivity index (χ2v) is 6.75. The van der Waals surface area contributed by atoms with Crippen LogP contribution >= 0.6 is 11.8 Å². The average Bonchev–Trinajstić information content (AvgIpc) is 3.26. The van der Waals surface area contributed by atoms with Crippen molar-refractivity contribution in [2.75, 3.05) is 17.7 Å². The van der Waals surface area contributed by atoms with E-state index in [9.17, 15) is 4.79 Å². The fraction of sp³-hybridized carbons (Fsp3) is 0.471. The fourth-order valence-corrected chi connectivity index (χ4v) is 3.37. The number of hydrogen-bond acceptors (Lipinski definition) is 5. The predicted molar refractivity (Wildman–Crippen MR) is 94.2 cm³/mol. The molecule has 1 atom stereocenters. The first kappa shape index (κ1) is 17.0. The molecule has 0 bridgehead atoms. The van der Waals surface area contributed by atoms with Gasteiger partial charge < -0.3 is 10.1 Å². The van der Waals surface area contributed by atoms with E-state index in [0.717, 1.165) is 48.5 Å². The zero-order valence-electron chi connectivity index (χ0n) is 14.0. The number of amides is 1. The molecular weight excluding hydrogens is 324 g/mol. The summed E-state index contributed by atoms with van der Waals surface area (Å²) in [5, 5.41) is 10.7. The lowest BCUT2D eigenvalue weighted by atomic mass is 10.1. The van der Waals surface area contributed by atoms with Crippen LogP contribution in [0.1, 0.15) is 42.8 Å². The molecule has 1 aromatic carbocycles. The Bertz CT molecular complexity index is 710. The van der Waals surface area contributed by atoms with Gasteiger partial charge in [-0.2, -0.15) is 0 Å². The number of thioether (sulfide) groups is 1. The van der Waals surface area contributed by atoms with Crippen molar-refractivity contribution < 1.29 is 9.53 Å². The Morgan fingerprint density at radius 2 is 2.38 bits per heavy atom. The molecule has 1 amide bonds. The fourth-order valence-electron chi connectivity index (χ4n) is 2.77. The number of para-hydroxylation sites is 1. The summed E-state index contributed by atoms with van der Waals surface area (Å²) < 4.78 is 5.57. The molecule has 2 heterocycles. The molecule has 0 unspecified atom stereocenters. The highest BCUT2D eigenvalue weighted by molar-refractivity contribution is 7.99. The number of carbonyl (C=O) groups is 1. The molecule has 0 radical (unpaired) electrons. The van der Waals surface area contributed by atoms with Crippen LogP contribution in [0.25, 0.3) is 0 Å². The molecule has 0 spiro atoms. The smallest absolute Gasteiger partial charge is 0.234 e. The Kier molecular flexibility index (Phi) is 5.52. The maximum Gasteiger partial charge on any atom is 0.234 e. The monoisotopic (exact) mass is 346 g/mol. The third kappa shape index (κ3) is 3.96. The van der Waals surface area contributed by atoms with Crippen molar-refractivity contribution in [3.05, 3.63) is 35.2 Å². The van der Waals surface area contributed by atoms with E-state index in [-0.39, 0.29) is 17.8 Å². The average molecular weight is 346 g/mol. The summed E-state index contributed by atoms with van der Waals surface area (Å²) in [6.07, 6.45) is 2.91. The Labute approximate surface area is 145 Å². The summed E-state index contributed by atoms with van der Waals surface area (Å²) in [6, 6.07) is 6.06. The van der Waals surface area contributed by atoms with Crippen LogP contribution in [-0.2, 0) is 16.0 Å². The van der Waals surface area contributed by atoms with Gasteiger partial charge in [-0.1, -0.05) is 36.9 Å². The standard InChI is InChI=1S/C17H22N4O2S/c1-3-12-7-4-6-11(2)15(12)18-14(22)10-24-17-19-16(20-21-17)13-8-5-9-23-13/h4,6-7,13H,3,5,8-10H2,1-2H3,(H,18,22)(H,19,20,21)/t13-/m0/s1. The molecule has 0 aliphatic carbocycles. The van der Waals surface area contributed by atoms with Gasteiger partial charge in [0, 0.05) is 12.3 Å². The first-order valence-corrected chi connectivity index (χ1v) is 9.21. The lowest BCUT2D eigenvalue weighted by molar-refractivity contribution is -0.113. The molecule has 24 heavy (non-hydrogen) atoms. The Balaban J connectivity index is 1.56. The van der Waals surface area contributed by atoms with Gasteiger partial charge in [-0.05, 0) is 37.3 Å². The summed E-state index contributed by atoms with van der Waals surface area (Å²) in [7, 11) is 0. The minimum Gasteiger partial charge on any atom is -0.370 e. The number of H-pyrrole nitrogens is 1. The highest BCUT2D eigenvalue weighted by atomic mass is 32.2. The van der Waals surface area contributed by atoms with Crippen LogP contribution in [0.15, 0.2) is 23.4 Å². The van der Waals surface area contributed by atoms with Crippen molar-refractivity contribution in [2.24, 2.45) is 0 Å². The van der Waals surface area contributed by atoms with Gasteiger partial charge in [0.05, 0.1) is 5.75 Å². The number of ether oxygens (including phenoxy) is 1. The number of aryl methyl sites for hydroxylation is 2. The number of hydrogen-bond donors (Lipinski definition) is 2. The highest BCUT2D eigenvalue weighted by Gasteiger charge is 2.21. The number of aromatic nitrogens is 3.